The van der Waals surface area contributed by atoms with Crippen molar-refractivity contribution in [3.8, 4) is 23.0 Å². The van der Waals surface area contributed by atoms with Crippen LogP contribution in [0.1, 0.15) is 125 Å². The maximum atomic E-state index is 15.4. The Bertz CT molecular complexity index is 4150. The average molecular weight is 1670 g/mol. The Hall–Kier alpha value is -5.92. The first-order chi connectivity index (χ1) is 52.3. The van der Waals surface area contributed by atoms with Crippen molar-refractivity contribution in [3.05, 3.63) is 256 Å². The molecule has 2 saturated heterocycles. The maximum Gasteiger partial charge on any atom is 0.333 e. The zero-order chi connectivity index (χ0) is 79.6. The van der Waals surface area contributed by atoms with Gasteiger partial charge in [-0.25, -0.2) is 18.9 Å². The number of methoxy groups -OCH3 is 4. The number of halogens is 6. The Morgan fingerprint density at radius 2 is 0.700 bits per heavy atom. The molecule has 0 aliphatic carbocycles. The van der Waals surface area contributed by atoms with Crippen molar-refractivity contribution in [3.63, 3.8) is 0 Å². The Kier molecular flexibility index (Phi) is 29.9. The number of aromatic nitrogens is 4. The van der Waals surface area contributed by atoms with E-state index >= 15 is 9.59 Å². The first kappa shape index (κ1) is 86.5. The smallest absolute Gasteiger partial charge is 0.333 e. The van der Waals surface area contributed by atoms with Crippen LogP contribution >= 0.6 is 86.7 Å². The number of ether oxygens (including phenoxy) is 8. The van der Waals surface area contributed by atoms with Crippen LogP contribution in [0.5, 0.6) is 23.0 Å². The lowest BCUT2D eigenvalue weighted by molar-refractivity contribution is -0.0929. The van der Waals surface area contributed by atoms with Gasteiger partial charge >= 0.3 is 11.4 Å². The van der Waals surface area contributed by atoms with Gasteiger partial charge in [-0.1, -0.05) is 179 Å². The van der Waals surface area contributed by atoms with Crippen LogP contribution in [0.25, 0.3) is 0 Å². The number of hydrogen-bond donors (Lipinski definition) is 0. The molecule has 594 valence electrons. The molecule has 0 amide bonds. The molecule has 2 aliphatic heterocycles. The summed E-state index contributed by atoms with van der Waals surface area (Å²) in [6.07, 6.45) is -3.07. The van der Waals surface area contributed by atoms with Crippen molar-refractivity contribution in [1.29, 1.82) is 0 Å². The van der Waals surface area contributed by atoms with Crippen LogP contribution < -0.4 is 41.4 Å². The zero-order valence-corrected chi connectivity index (χ0v) is 70.3. The molecule has 0 bridgehead atoms. The van der Waals surface area contributed by atoms with E-state index in [4.69, 9.17) is 126 Å². The highest BCUT2D eigenvalue weighted by molar-refractivity contribution is 7.45. The van der Waals surface area contributed by atoms with Gasteiger partial charge in [-0.3, -0.25) is 27.9 Å². The van der Waals surface area contributed by atoms with Crippen molar-refractivity contribution < 1.29 is 56.0 Å². The third-order valence-electron chi connectivity index (χ3n) is 19.2. The highest BCUT2D eigenvalue weighted by Crippen LogP contribution is 2.54. The van der Waals surface area contributed by atoms with Crippen LogP contribution in [0.2, 0.25) is 0 Å². The molecule has 4 heterocycles. The molecule has 110 heavy (non-hydrogen) atoms. The van der Waals surface area contributed by atoms with Crippen molar-refractivity contribution in [2.24, 2.45) is 0 Å². The predicted octanol–water partition coefficient (Wildman–Crippen LogP) is 16.5. The lowest BCUT2D eigenvalue weighted by Gasteiger charge is -2.39. The maximum absolute atomic E-state index is 15.4. The molecule has 2 fully saturated rings. The van der Waals surface area contributed by atoms with Gasteiger partial charge < -0.3 is 56.0 Å². The molecule has 2 aliphatic rings. The summed E-state index contributed by atoms with van der Waals surface area (Å²) in [6.45, 7) is 17.3. The molecule has 22 nitrogen and oxygen atoms in total. The van der Waals surface area contributed by atoms with E-state index in [0.29, 0.717) is 23.0 Å². The van der Waals surface area contributed by atoms with E-state index in [1.807, 2.05) is 222 Å². The molecule has 0 N–H and O–H groups in total. The van der Waals surface area contributed by atoms with Gasteiger partial charge in [-0.2, -0.15) is 0 Å². The summed E-state index contributed by atoms with van der Waals surface area (Å²) < 4.78 is 83.8. The number of hydrogen-bond acceptors (Lipinski definition) is 18. The summed E-state index contributed by atoms with van der Waals surface area (Å²) in [5.41, 5.74) is -0.749. The van der Waals surface area contributed by atoms with Gasteiger partial charge in [0.25, 0.3) is 28.2 Å². The van der Waals surface area contributed by atoms with E-state index < -0.39 is 108 Å². The van der Waals surface area contributed by atoms with E-state index in [2.05, 4.69) is 0 Å². The molecule has 2 aromatic heterocycles. The zero-order valence-electron chi connectivity index (χ0n) is 64.0. The first-order valence-electron chi connectivity index (χ1n) is 36.2. The fraction of sp³-hybridized carbons (Fsp3) is 0.450. The van der Waals surface area contributed by atoms with Crippen LogP contribution in [0.3, 0.4) is 0 Å². The highest BCUT2D eigenvalue weighted by atomic mass is 35.6. The lowest BCUT2D eigenvalue weighted by atomic mass is 9.80. The van der Waals surface area contributed by atoms with E-state index in [1.165, 1.54) is 21.5 Å². The van der Waals surface area contributed by atoms with Crippen LogP contribution in [0.4, 0.5) is 0 Å². The first-order valence-corrected chi connectivity index (χ1v) is 40.7. The Balaban J connectivity index is 1.02. The molecule has 0 spiro atoms. The standard InChI is InChI=1S/C80H96Cl6N6O16P2/c1-51(2)91(52(3)4)109(103-49-77(81,82)83)107-67-43-71(105-69(67)47-101-79(57-21-17-15-18-22-57,59-25-33-63(97-11)34-26-59)60-27-35-64(98-12)36-28-60)89-45-55(9)73(93)87(75(89)95)41-42-88-74(94)56(10)46-90(76(88)96)72-44-68(108-110(104-50-78(84,85)86)92(53(5)6)54(7)8)70(106-72)48-102-80(58-23-19-16-20-24-58,61-29-37-65(99-13)38-30-61)62-31-39-66(100-14)40-32-62/h15-40,45-46,51-54,67-72H,41-44,47-50H2,1-14H3/t67-,68-,69+,70+,71+,72+,109?,110?/m0/s1. The monoisotopic (exact) mass is 1670 g/mol. The molecule has 10 rings (SSSR count). The van der Waals surface area contributed by atoms with E-state index in [9.17, 15) is 9.59 Å². The minimum Gasteiger partial charge on any atom is -0.497 e. The van der Waals surface area contributed by atoms with E-state index in [-0.39, 0.29) is 74.6 Å². The fourth-order valence-corrected chi connectivity index (χ4v) is 18.5. The van der Waals surface area contributed by atoms with Crippen LogP contribution in [-0.4, -0.2) is 139 Å². The molecule has 8 atom stereocenters. The predicted molar refractivity (Wildman–Crippen MR) is 433 cm³/mol. The Morgan fingerprint density at radius 1 is 0.427 bits per heavy atom. The molecular formula is C80H96Cl6N6O16P2. The lowest BCUT2D eigenvalue weighted by Crippen LogP contribution is -2.46. The van der Waals surface area contributed by atoms with Crippen LogP contribution in [0.15, 0.2) is 189 Å². The summed E-state index contributed by atoms with van der Waals surface area (Å²) in [5.74, 6) is 2.50. The molecular weight excluding hydrogens is 1580 g/mol. The SMILES string of the molecule is COc1ccc(C(OC[C@H]2O[C@@H](n3cc(C)c(=O)n(CCn4c(=O)c(C)cn([C@H]5C[C@H](OP(OCC(Cl)(Cl)Cl)N(C(C)C)C(C)C)[C@@H](COC(c6ccccc6)(c6ccc(OC)cc6)c6ccc(OC)cc6)O5)c4=O)c3=O)C[C@@H]2OP(OCC(Cl)(Cl)Cl)N(C(C)C)C(C)C)(c2ccccc2)c2ccc(OC)cc2)cc1. The molecule has 0 saturated carbocycles. The molecule has 8 aromatic rings. The summed E-state index contributed by atoms with van der Waals surface area (Å²) >= 11 is 38.3. The number of aryl methyl sites for hydroxylation is 2. The second-order valence-electron chi connectivity index (χ2n) is 28.0. The second kappa shape index (κ2) is 38.0. The summed E-state index contributed by atoms with van der Waals surface area (Å²) in [7, 11) is 2.29. The summed E-state index contributed by atoms with van der Waals surface area (Å²) in [4.78, 5) is 60.1. The van der Waals surface area contributed by atoms with Gasteiger partial charge in [0, 0.05) is 73.6 Å². The minimum absolute atomic E-state index is 0.0132. The number of rotatable bonds is 35. The van der Waals surface area contributed by atoms with Crippen LogP contribution in [-0.2, 0) is 61.3 Å². The molecule has 6 aromatic carbocycles. The van der Waals surface area contributed by atoms with Gasteiger partial charge in [-0.05, 0) is 151 Å². The Labute approximate surface area is 674 Å². The van der Waals surface area contributed by atoms with E-state index in [0.717, 1.165) is 42.5 Å². The average Bonchev–Trinajstić information content (AvgIpc) is 0.988. The molecule has 2 unspecified atom stereocenters. The summed E-state index contributed by atoms with van der Waals surface area (Å²) in [5, 5.41) is 0. The normalized spacial score (nSPS) is 18.5. The van der Waals surface area contributed by atoms with Crippen molar-refractivity contribution in [2.45, 2.75) is 175 Å². The topological polar surface area (TPSA) is 205 Å². The minimum atomic E-state index is -2.05. The highest BCUT2D eigenvalue weighted by Gasteiger charge is 2.49. The second-order valence-corrected chi connectivity index (χ2v) is 35.8. The van der Waals surface area contributed by atoms with Crippen molar-refractivity contribution in [1.82, 2.24) is 27.6 Å². The van der Waals surface area contributed by atoms with Crippen molar-refractivity contribution in [2.75, 3.05) is 54.9 Å². The largest absolute Gasteiger partial charge is 0.497 e. The quantitative estimate of drug-likeness (QED) is 0.0206. The third kappa shape index (κ3) is 20.2. The summed E-state index contributed by atoms with van der Waals surface area (Å²) in [6, 6.07) is 49.3. The van der Waals surface area contributed by atoms with Gasteiger partial charge in [0.1, 0.15) is 72.1 Å². The Morgan fingerprint density at radius 3 is 0.955 bits per heavy atom. The van der Waals surface area contributed by atoms with Gasteiger partial charge in [0.05, 0.1) is 53.9 Å². The van der Waals surface area contributed by atoms with Gasteiger partial charge in [0.15, 0.2) is 0 Å². The number of alkyl halides is 6. The number of benzene rings is 6. The third-order valence-corrected chi connectivity index (χ3v) is 24.0. The van der Waals surface area contributed by atoms with Crippen molar-refractivity contribution >= 4 is 86.7 Å². The number of nitrogens with zero attached hydrogens (tertiary/aromatic N) is 6. The van der Waals surface area contributed by atoms with Gasteiger partial charge in [-0.15, -0.1) is 0 Å². The molecule has 0 radical (unpaired) electrons. The van der Waals surface area contributed by atoms with Gasteiger partial charge in [0.2, 0.25) is 7.59 Å². The molecule has 30 heteroatoms. The fourth-order valence-electron chi connectivity index (χ4n) is 14.1. The van der Waals surface area contributed by atoms with Crippen LogP contribution in [0, 0.1) is 13.8 Å². The van der Waals surface area contributed by atoms with E-state index in [1.54, 1.807) is 42.3 Å².